The Hall–Kier alpha value is -6.45. The summed E-state index contributed by atoms with van der Waals surface area (Å²) >= 11 is 0. The quantitative estimate of drug-likeness (QED) is 0.192. The third-order valence-electron chi connectivity index (χ3n) is 9.10. The fourth-order valence-electron chi connectivity index (χ4n) is 7.09. The van der Waals surface area contributed by atoms with Crippen molar-refractivity contribution in [1.82, 2.24) is 9.13 Å². The van der Waals surface area contributed by atoms with Crippen LogP contribution in [0.25, 0.3) is 55.0 Å². The second-order valence-electron chi connectivity index (χ2n) is 11.7. The summed E-state index contributed by atoms with van der Waals surface area (Å²) < 4.78 is 4.46. The van der Waals surface area contributed by atoms with E-state index in [0.29, 0.717) is 28.1 Å². The van der Waals surface area contributed by atoms with Crippen LogP contribution >= 0.6 is 0 Å². The standard InChI is InChI=1S/C40H24N4O2/c1-24-14-16-26(17-15-24)42-35-13-7-5-11-33(35)37-36(42)19-18-30-29-8-4-6-12-34(29)43(38(30)37)27-20-25(23-41)21-28(22-27)44-39(45)31-9-2-3-10-32(31)40(44)46/h2-22H,1H3. The number of fused-ring (bicyclic) bond motifs is 8. The Labute approximate surface area is 263 Å². The van der Waals surface area contributed by atoms with Gasteiger partial charge in [-0.2, -0.15) is 5.26 Å². The minimum Gasteiger partial charge on any atom is -0.309 e. The molecule has 0 N–H and O–H groups in total. The molecule has 0 unspecified atom stereocenters. The second-order valence-corrected chi connectivity index (χ2v) is 11.7. The molecule has 8 aromatic rings. The van der Waals surface area contributed by atoms with Gasteiger partial charge in [0.15, 0.2) is 0 Å². The topological polar surface area (TPSA) is 71.0 Å². The molecule has 2 amide bonds. The first-order valence-electron chi connectivity index (χ1n) is 15.1. The Morgan fingerprint density at radius 3 is 1.85 bits per heavy atom. The van der Waals surface area contributed by atoms with Crippen molar-refractivity contribution < 1.29 is 9.59 Å². The molecule has 1 aliphatic heterocycles. The number of aryl methyl sites for hydroxylation is 1. The summed E-state index contributed by atoms with van der Waals surface area (Å²) in [7, 11) is 0. The Bertz CT molecular complexity index is 2620. The van der Waals surface area contributed by atoms with Crippen LogP contribution in [0.5, 0.6) is 0 Å². The van der Waals surface area contributed by atoms with E-state index >= 15 is 0 Å². The van der Waals surface area contributed by atoms with Crippen molar-refractivity contribution >= 4 is 61.1 Å². The lowest BCUT2D eigenvalue weighted by molar-refractivity contribution is 0.0926. The van der Waals surface area contributed by atoms with Gasteiger partial charge in [-0.15, -0.1) is 0 Å². The smallest absolute Gasteiger partial charge is 0.266 e. The molecular weight excluding hydrogens is 568 g/mol. The van der Waals surface area contributed by atoms with Gasteiger partial charge in [0, 0.05) is 32.9 Å². The number of nitriles is 1. The summed E-state index contributed by atoms with van der Waals surface area (Å²) in [5.74, 6) is -0.792. The molecule has 0 aliphatic carbocycles. The highest BCUT2D eigenvalue weighted by molar-refractivity contribution is 6.34. The SMILES string of the molecule is Cc1ccc(-n2c3ccccc3c3c2ccc2c4ccccc4n(-c4cc(C#N)cc(N5C(=O)c6ccccc6C5=O)c4)c23)cc1. The van der Waals surface area contributed by atoms with E-state index in [9.17, 15) is 14.9 Å². The van der Waals surface area contributed by atoms with Crippen LogP contribution in [0.2, 0.25) is 0 Å². The van der Waals surface area contributed by atoms with E-state index in [1.54, 1.807) is 30.3 Å². The number of hydrogen-bond acceptors (Lipinski definition) is 3. The number of anilines is 1. The first-order chi connectivity index (χ1) is 22.5. The Morgan fingerprint density at radius 1 is 0.543 bits per heavy atom. The molecule has 2 aromatic heterocycles. The van der Waals surface area contributed by atoms with E-state index in [1.165, 1.54) is 10.5 Å². The summed E-state index contributed by atoms with van der Waals surface area (Å²) in [6.07, 6.45) is 0. The van der Waals surface area contributed by atoms with Gasteiger partial charge in [0.25, 0.3) is 11.8 Å². The molecule has 0 saturated carbocycles. The van der Waals surface area contributed by atoms with Crippen LogP contribution in [-0.4, -0.2) is 20.9 Å². The number of imide groups is 1. The Balaban J connectivity index is 1.39. The zero-order chi connectivity index (χ0) is 31.1. The average molecular weight is 593 g/mol. The summed E-state index contributed by atoms with van der Waals surface area (Å²) in [6.45, 7) is 2.09. The van der Waals surface area contributed by atoms with Crippen LogP contribution in [0.15, 0.2) is 127 Å². The molecule has 1 aliphatic rings. The van der Waals surface area contributed by atoms with Gasteiger partial charge >= 0.3 is 0 Å². The van der Waals surface area contributed by atoms with Gasteiger partial charge in [0.1, 0.15) is 0 Å². The maximum absolute atomic E-state index is 13.5. The van der Waals surface area contributed by atoms with Crippen molar-refractivity contribution in [3.8, 4) is 17.4 Å². The second kappa shape index (κ2) is 9.52. The first kappa shape index (κ1) is 26.0. The predicted molar refractivity (Wildman–Crippen MR) is 182 cm³/mol. The lowest BCUT2D eigenvalue weighted by atomic mass is 10.1. The molecule has 6 nitrogen and oxygen atoms in total. The maximum atomic E-state index is 13.5. The highest BCUT2D eigenvalue weighted by Crippen LogP contribution is 2.42. The van der Waals surface area contributed by atoms with Gasteiger partial charge in [0.2, 0.25) is 0 Å². The molecule has 3 heterocycles. The van der Waals surface area contributed by atoms with E-state index in [-0.39, 0.29) is 0 Å². The van der Waals surface area contributed by atoms with Crippen LogP contribution in [0, 0.1) is 18.3 Å². The molecule has 6 aromatic carbocycles. The monoisotopic (exact) mass is 592 g/mol. The highest BCUT2D eigenvalue weighted by atomic mass is 16.2. The summed E-state index contributed by atoms with van der Waals surface area (Å²) in [5, 5.41) is 14.5. The van der Waals surface area contributed by atoms with Gasteiger partial charge in [-0.3, -0.25) is 9.59 Å². The predicted octanol–water partition coefficient (Wildman–Crippen LogP) is 8.86. The van der Waals surface area contributed by atoms with Crippen LogP contribution < -0.4 is 4.90 Å². The van der Waals surface area contributed by atoms with E-state index in [4.69, 9.17) is 0 Å². The lowest BCUT2D eigenvalue weighted by Crippen LogP contribution is -2.29. The summed E-state index contributed by atoms with van der Waals surface area (Å²) in [6, 6.07) is 43.9. The molecule has 0 spiro atoms. The number of carbonyl (C=O) groups excluding carboxylic acids is 2. The third kappa shape index (κ3) is 3.51. The summed E-state index contributed by atoms with van der Waals surface area (Å²) in [5.41, 5.74) is 8.47. The van der Waals surface area contributed by atoms with Crippen LogP contribution in [0.4, 0.5) is 5.69 Å². The van der Waals surface area contributed by atoms with Crippen molar-refractivity contribution in [2.45, 2.75) is 6.92 Å². The molecule has 6 heteroatoms. The molecule has 0 radical (unpaired) electrons. The van der Waals surface area contributed by atoms with E-state index in [2.05, 4.69) is 94.9 Å². The number of amides is 2. The molecule has 0 atom stereocenters. The van der Waals surface area contributed by atoms with Crippen LogP contribution in [-0.2, 0) is 0 Å². The van der Waals surface area contributed by atoms with E-state index in [1.807, 2.05) is 24.3 Å². The molecule has 216 valence electrons. The van der Waals surface area contributed by atoms with Gasteiger partial charge in [-0.05, 0) is 67.6 Å². The number of hydrogen-bond donors (Lipinski definition) is 0. The molecular formula is C40H24N4O2. The molecule has 0 bridgehead atoms. The Kier molecular flexibility index (Phi) is 5.38. The zero-order valence-electron chi connectivity index (χ0n) is 24.7. The third-order valence-corrected chi connectivity index (χ3v) is 9.10. The number of nitrogens with zero attached hydrogens (tertiary/aromatic N) is 4. The van der Waals surface area contributed by atoms with Crippen LogP contribution in [0.3, 0.4) is 0 Å². The van der Waals surface area contributed by atoms with Crippen molar-refractivity contribution in [3.63, 3.8) is 0 Å². The zero-order valence-corrected chi connectivity index (χ0v) is 24.7. The van der Waals surface area contributed by atoms with Gasteiger partial charge in [0.05, 0.1) is 50.5 Å². The highest BCUT2D eigenvalue weighted by Gasteiger charge is 2.36. The van der Waals surface area contributed by atoms with Crippen molar-refractivity contribution in [1.29, 1.82) is 5.26 Å². The molecule has 0 saturated heterocycles. The average Bonchev–Trinajstić information content (AvgIpc) is 3.70. The van der Waals surface area contributed by atoms with Gasteiger partial charge in [-0.25, -0.2) is 4.90 Å². The fraction of sp³-hybridized carbons (Fsp3) is 0.0250. The minimum atomic E-state index is -0.396. The number of carbonyl (C=O) groups is 2. The molecule has 0 fully saturated rings. The van der Waals surface area contributed by atoms with Gasteiger partial charge < -0.3 is 9.13 Å². The van der Waals surface area contributed by atoms with Crippen molar-refractivity contribution in [2.75, 3.05) is 4.90 Å². The van der Waals surface area contributed by atoms with E-state index < -0.39 is 11.8 Å². The fourth-order valence-corrected chi connectivity index (χ4v) is 7.09. The number of para-hydroxylation sites is 2. The Morgan fingerprint density at radius 2 is 1.15 bits per heavy atom. The van der Waals surface area contributed by atoms with Crippen molar-refractivity contribution in [3.05, 3.63) is 150 Å². The maximum Gasteiger partial charge on any atom is 0.266 e. The number of benzene rings is 6. The largest absolute Gasteiger partial charge is 0.309 e. The van der Waals surface area contributed by atoms with Gasteiger partial charge in [-0.1, -0.05) is 72.3 Å². The first-order valence-corrected chi connectivity index (χ1v) is 15.1. The molecule has 9 rings (SSSR count). The molecule has 46 heavy (non-hydrogen) atoms. The lowest BCUT2D eigenvalue weighted by Gasteiger charge is -2.17. The normalized spacial score (nSPS) is 12.9. The van der Waals surface area contributed by atoms with Crippen molar-refractivity contribution in [2.24, 2.45) is 0 Å². The summed E-state index contributed by atoms with van der Waals surface area (Å²) in [4.78, 5) is 28.2. The number of rotatable bonds is 3. The van der Waals surface area contributed by atoms with Crippen LogP contribution in [0.1, 0.15) is 31.8 Å². The minimum absolute atomic E-state index is 0.351. The number of aromatic nitrogens is 2. The van der Waals surface area contributed by atoms with E-state index in [0.717, 1.165) is 49.3 Å².